The van der Waals surface area contributed by atoms with Crippen molar-refractivity contribution < 1.29 is 19.2 Å². The normalized spacial score (nSPS) is 32.5. The largest absolute Gasteiger partial charge is 0.293 e. The predicted octanol–water partition coefficient (Wildman–Crippen LogP) is 2.65. The number of rotatable bonds is 6. The van der Waals surface area contributed by atoms with Crippen molar-refractivity contribution in [3.05, 3.63) is 24.3 Å². The van der Waals surface area contributed by atoms with Crippen LogP contribution in [0.2, 0.25) is 0 Å². The molecule has 0 heterocycles. The lowest BCUT2D eigenvalue weighted by Crippen LogP contribution is -2.38. The smallest absolute Gasteiger partial charge is 0.252 e. The first kappa shape index (κ1) is 20.5. The minimum Gasteiger partial charge on any atom is -0.293 e. The molecule has 2 bridgehead atoms. The van der Waals surface area contributed by atoms with Gasteiger partial charge in [0.15, 0.2) is 0 Å². The molecule has 3 rings (SSSR count). The Hall–Kier alpha value is -2.24. The van der Waals surface area contributed by atoms with Crippen LogP contribution in [0.5, 0.6) is 0 Å². The van der Waals surface area contributed by atoms with Crippen molar-refractivity contribution in [3.8, 4) is 0 Å². The maximum absolute atomic E-state index is 12.4. The van der Waals surface area contributed by atoms with E-state index in [1.165, 1.54) is 0 Å². The summed E-state index contributed by atoms with van der Waals surface area (Å²) in [6.07, 6.45) is 5.78. The van der Waals surface area contributed by atoms with E-state index in [-0.39, 0.29) is 23.1 Å². The quantitative estimate of drug-likeness (QED) is 0.687. The Morgan fingerprint density at radius 1 is 0.929 bits per heavy atom. The molecule has 0 aromatic carbocycles. The summed E-state index contributed by atoms with van der Waals surface area (Å²) in [6, 6.07) is 0. The summed E-state index contributed by atoms with van der Waals surface area (Å²) in [5.74, 6) is 0.372. The number of amides is 4. The second kappa shape index (κ2) is 7.64. The number of fused-ring (bicyclic) bond motifs is 5. The highest BCUT2D eigenvalue weighted by molar-refractivity contribution is 6.04. The molecule has 3 fully saturated rings. The Kier molecular flexibility index (Phi) is 5.60. The molecule has 6 heteroatoms. The lowest BCUT2D eigenvalue weighted by molar-refractivity contribution is -0.132. The third kappa shape index (κ3) is 3.82. The molecule has 0 aliphatic heterocycles. The topological polar surface area (TPSA) is 92.3 Å². The Morgan fingerprint density at radius 3 is 2.14 bits per heavy atom. The van der Waals surface area contributed by atoms with Gasteiger partial charge in [-0.1, -0.05) is 13.2 Å². The van der Waals surface area contributed by atoms with E-state index in [0.29, 0.717) is 41.7 Å². The molecule has 0 spiro atoms. The summed E-state index contributed by atoms with van der Waals surface area (Å²) in [6.45, 7) is 10.3. The summed E-state index contributed by atoms with van der Waals surface area (Å²) >= 11 is 0. The monoisotopic (exact) mass is 386 g/mol. The molecule has 5 unspecified atom stereocenters. The van der Waals surface area contributed by atoms with Gasteiger partial charge in [-0.25, -0.2) is 0 Å². The molecule has 0 aromatic rings. The van der Waals surface area contributed by atoms with Crippen LogP contribution < -0.4 is 10.6 Å². The Morgan fingerprint density at radius 2 is 1.54 bits per heavy atom. The van der Waals surface area contributed by atoms with Gasteiger partial charge in [0.05, 0.1) is 0 Å². The molecular weight excluding hydrogens is 356 g/mol. The molecule has 4 amide bonds. The van der Waals surface area contributed by atoms with E-state index in [4.69, 9.17) is 0 Å². The number of carbonyl (C=O) groups excluding carboxylic acids is 4. The molecule has 5 atom stereocenters. The fourth-order valence-corrected chi connectivity index (χ4v) is 6.05. The third-order valence-corrected chi connectivity index (χ3v) is 7.11. The zero-order valence-electron chi connectivity index (χ0n) is 16.8. The van der Waals surface area contributed by atoms with E-state index in [1.54, 1.807) is 13.8 Å². The molecule has 0 aromatic heterocycles. The molecule has 2 N–H and O–H groups in total. The van der Waals surface area contributed by atoms with Crippen LogP contribution >= 0.6 is 0 Å². The number of carbonyl (C=O) groups is 4. The zero-order valence-corrected chi connectivity index (χ0v) is 16.8. The van der Waals surface area contributed by atoms with Gasteiger partial charge in [-0.15, -0.1) is 0 Å². The lowest BCUT2D eigenvalue weighted by atomic mass is 9.68. The Labute approximate surface area is 166 Å². The summed E-state index contributed by atoms with van der Waals surface area (Å²) in [7, 11) is 0. The van der Waals surface area contributed by atoms with Gasteiger partial charge in [-0.3, -0.25) is 29.8 Å². The maximum atomic E-state index is 12.4. The van der Waals surface area contributed by atoms with Gasteiger partial charge in [-0.05, 0) is 75.0 Å². The zero-order chi connectivity index (χ0) is 20.6. The minimum atomic E-state index is -0.414. The van der Waals surface area contributed by atoms with Crippen LogP contribution in [-0.2, 0) is 19.2 Å². The van der Waals surface area contributed by atoms with Gasteiger partial charge in [0, 0.05) is 24.0 Å². The molecule has 28 heavy (non-hydrogen) atoms. The Balaban J connectivity index is 1.62. The van der Waals surface area contributed by atoms with Gasteiger partial charge in [0.2, 0.25) is 11.8 Å². The van der Waals surface area contributed by atoms with E-state index < -0.39 is 11.8 Å². The first-order valence-corrected chi connectivity index (χ1v) is 10.1. The number of hydrogen-bond acceptors (Lipinski definition) is 4. The molecule has 0 radical (unpaired) electrons. The van der Waals surface area contributed by atoms with Gasteiger partial charge >= 0.3 is 0 Å². The van der Waals surface area contributed by atoms with E-state index in [9.17, 15) is 19.2 Å². The van der Waals surface area contributed by atoms with Crippen molar-refractivity contribution in [2.75, 3.05) is 0 Å². The van der Waals surface area contributed by atoms with Crippen molar-refractivity contribution in [3.63, 3.8) is 0 Å². The third-order valence-electron chi connectivity index (χ3n) is 7.11. The lowest BCUT2D eigenvalue weighted by Gasteiger charge is -2.36. The van der Waals surface area contributed by atoms with E-state index >= 15 is 0 Å². The number of nitrogens with one attached hydrogen (secondary N) is 2. The van der Waals surface area contributed by atoms with Gasteiger partial charge in [-0.2, -0.15) is 0 Å². The maximum Gasteiger partial charge on any atom is 0.252 e. The van der Waals surface area contributed by atoms with Crippen LogP contribution in [0, 0.1) is 29.1 Å². The van der Waals surface area contributed by atoms with E-state index in [0.717, 1.165) is 32.1 Å². The van der Waals surface area contributed by atoms with Crippen LogP contribution in [0.25, 0.3) is 0 Å². The van der Waals surface area contributed by atoms with Gasteiger partial charge < -0.3 is 0 Å². The SMILES string of the molecule is C=C(C)C(=O)NC(=O)CC1CCC2C1C1CCC2(CC(=O)NC(=O)C(=C)C)C1. The van der Waals surface area contributed by atoms with Crippen LogP contribution in [0.4, 0.5) is 0 Å². The van der Waals surface area contributed by atoms with Crippen LogP contribution in [0.1, 0.15) is 58.8 Å². The Bertz CT molecular complexity index is 756. The highest BCUT2D eigenvalue weighted by atomic mass is 16.2. The van der Waals surface area contributed by atoms with Crippen molar-refractivity contribution in [1.82, 2.24) is 10.6 Å². The molecular formula is C22H30N2O4. The highest BCUT2D eigenvalue weighted by Gasteiger charge is 2.61. The first-order valence-electron chi connectivity index (χ1n) is 10.1. The molecule has 3 aliphatic rings. The summed E-state index contributed by atoms with van der Waals surface area (Å²) in [5.41, 5.74) is 0.607. The van der Waals surface area contributed by atoms with Gasteiger partial charge in [0.25, 0.3) is 11.8 Å². The number of imide groups is 2. The fourth-order valence-electron chi connectivity index (χ4n) is 6.05. The van der Waals surface area contributed by atoms with E-state index in [2.05, 4.69) is 23.8 Å². The molecule has 3 aliphatic carbocycles. The van der Waals surface area contributed by atoms with Crippen molar-refractivity contribution in [2.45, 2.75) is 58.8 Å². The molecule has 0 saturated heterocycles. The first-order chi connectivity index (χ1) is 13.1. The molecule has 3 saturated carbocycles. The summed E-state index contributed by atoms with van der Waals surface area (Å²) in [4.78, 5) is 48.2. The second-order valence-electron chi connectivity index (χ2n) is 9.08. The van der Waals surface area contributed by atoms with Crippen molar-refractivity contribution >= 4 is 23.6 Å². The fraction of sp³-hybridized carbons (Fsp3) is 0.636. The van der Waals surface area contributed by atoms with E-state index in [1.807, 2.05) is 0 Å². The summed E-state index contributed by atoms with van der Waals surface area (Å²) < 4.78 is 0. The molecule has 6 nitrogen and oxygen atoms in total. The average Bonchev–Trinajstić information content (AvgIpc) is 3.26. The standard InChI is InChI=1S/C22H30N2O4/c1-12(2)20(27)23-17(25)9-14-5-6-16-19(14)15-7-8-22(16,10-15)11-18(26)24-21(28)13(3)4/h14-16,19H,1,3,5-11H2,2,4H3,(H,23,25,27)(H,24,26,28). The highest BCUT2D eigenvalue weighted by Crippen LogP contribution is 2.68. The summed E-state index contributed by atoms with van der Waals surface area (Å²) in [5, 5.41) is 4.87. The van der Waals surface area contributed by atoms with Crippen LogP contribution in [-0.4, -0.2) is 23.6 Å². The van der Waals surface area contributed by atoms with Crippen molar-refractivity contribution in [2.24, 2.45) is 29.1 Å². The minimum absolute atomic E-state index is 0.0481. The van der Waals surface area contributed by atoms with Crippen LogP contribution in [0.3, 0.4) is 0 Å². The average molecular weight is 386 g/mol. The van der Waals surface area contributed by atoms with Crippen molar-refractivity contribution in [1.29, 1.82) is 0 Å². The second-order valence-corrected chi connectivity index (χ2v) is 9.08. The van der Waals surface area contributed by atoms with Crippen LogP contribution in [0.15, 0.2) is 24.3 Å². The predicted molar refractivity (Wildman–Crippen MR) is 105 cm³/mol. The number of hydrogen-bond donors (Lipinski definition) is 2. The van der Waals surface area contributed by atoms with Gasteiger partial charge in [0.1, 0.15) is 0 Å². The molecule has 152 valence electrons.